The maximum Gasteiger partial charge on any atom is 0.160 e. The van der Waals surface area contributed by atoms with Gasteiger partial charge in [0.25, 0.3) is 0 Å². The number of hydrogen-bond donors (Lipinski definition) is 0. The molecule has 60 heavy (non-hydrogen) atoms. The van der Waals surface area contributed by atoms with E-state index in [1.165, 1.54) is 72.0 Å². The van der Waals surface area contributed by atoms with Crippen LogP contribution in [0.5, 0.6) is 0 Å². The zero-order chi connectivity index (χ0) is 40.2. The van der Waals surface area contributed by atoms with Gasteiger partial charge in [-0.3, -0.25) is 0 Å². The van der Waals surface area contributed by atoms with Gasteiger partial charge < -0.3 is 4.57 Å². The van der Waals surface area contributed by atoms with Crippen LogP contribution in [-0.2, 0) is 5.41 Å². The topological polar surface area (TPSA) is 29.6 Å². The summed E-state index contributed by atoms with van der Waals surface area (Å²) in [6.45, 7) is 4.73. The smallest absolute Gasteiger partial charge is 0.160 e. The maximum atomic E-state index is 5.31. The fraction of sp³-hybridized carbons (Fsp3) is 0.0877. The molecule has 0 N–H and O–H groups in total. The molecule has 0 bridgehead atoms. The highest BCUT2D eigenvalue weighted by molar-refractivity contribution is 6.14. The summed E-state index contributed by atoms with van der Waals surface area (Å²) in [6, 6.07) is 70.2. The first-order valence-corrected chi connectivity index (χ1v) is 21.0. The van der Waals surface area contributed by atoms with E-state index in [0.717, 1.165) is 46.8 Å². The van der Waals surface area contributed by atoms with Crippen LogP contribution in [-0.4, -0.2) is 16.1 Å². The molecule has 1 aliphatic heterocycles. The Bertz CT molecular complexity index is 3200. The summed E-state index contributed by atoms with van der Waals surface area (Å²) in [5, 5.41) is 2.52. The zero-order valence-corrected chi connectivity index (χ0v) is 33.8. The van der Waals surface area contributed by atoms with Crippen molar-refractivity contribution in [3.8, 4) is 39.1 Å². The number of aromatic nitrogens is 1. The molecular formula is C57H43N3. The summed E-state index contributed by atoms with van der Waals surface area (Å²) in [5.74, 6) is 0.734. The van der Waals surface area contributed by atoms with Gasteiger partial charge in [0.15, 0.2) is 5.84 Å². The lowest BCUT2D eigenvalue weighted by atomic mass is 9.81. The molecule has 3 nitrogen and oxygen atoms in total. The molecule has 1 aliphatic carbocycles. The number of hydrogen-bond acceptors (Lipinski definition) is 2. The van der Waals surface area contributed by atoms with Gasteiger partial charge in [0, 0.05) is 33.0 Å². The van der Waals surface area contributed by atoms with E-state index in [2.05, 4.69) is 213 Å². The lowest BCUT2D eigenvalue weighted by molar-refractivity contribution is 0.660. The van der Waals surface area contributed by atoms with Gasteiger partial charge in [-0.25, -0.2) is 9.98 Å². The van der Waals surface area contributed by atoms with Gasteiger partial charge in [0.2, 0.25) is 0 Å². The third kappa shape index (κ3) is 6.05. The Kier molecular flexibility index (Phi) is 8.63. The number of rotatable bonds is 6. The van der Waals surface area contributed by atoms with Crippen LogP contribution in [0.2, 0.25) is 0 Å². The summed E-state index contributed by atoms with van der Waals surface area (Å²) in [6.07, 6.45) is 3.97. The molecule has 0 unspecified atom stereocenters. The molecule has 1 aromatic heterocycles. The number of aliphatic imine (C=N–C) groups is 2. The van der Waals surface area contributed by atoms with Gasteiger partial charge in [0.05, 0.1) is 22.4 Å². The maximum absolute atomic E-state index is 5.31. The van der Waals surface area contributed by atoms with Gasteiger partial charge in [-0.1, -0.05) is 172 Å². The summed E-state index contributed by atoms with van der Waals surface area (Å²) >= 11 is 0. The summed E-state index contributed by atoms with van der Waals surface area (Å²) in [7, 11) is 0. The molecule has 11 rings (SSSR count). The number of para-hydroxylation sites is 2. The molecule has 0 saturated heterocycles. The highest BCUT2D eigenvalue weighted by Gasteiger charge is 2.37. The molecule has 9 aromatic rings. The highest BCUT2D eigenvalue weighted by atomic mass is 15.0. The van der Waals surface area contributed by atoms with Crippen molar-refractivity contribution in [3.05, 3.63) is 228 Å². The van der Waals surface area contributed by atoms with E-state index in [1.54, 1.807) is 0 Å². The number of nitrogens with zero attached hydrogens (tertiary/aromatic N) is 3. The molecule has 0 spiro atoms. The highest BCUT2D eigenvalue weighted by Crippen LogP contribution is 2.53. The Morgan fingerprint density at radius 2 is 1.10 bits per heavy atom. The van der Waals surface area contributed by atoms with Gasteiger partial charge in [0.1, 0.15) is 0 Å². The Labute approximate surface area is 351 Å². The van der Waals surface area contributed by atoms with Crippen LogP contribution in [0, 0.1) is 0 Å². The molecular weight excluding hydrogens is 727 g/mol. The van der Waals surface area contributed by atoms with E-state index in [1.807, 2.05) is 6.07 Å². The second-order valence-corrected chi connectivity index (χ2v) is 16.5. The Hall–Kier alpha value is -7.36. The van der Waals surface area contributed by atoms with Gasteiger partial charge in [-0.15, -0.1) is 0 Å². The normalized spacial score (nSPS) is 17.1. The molecule has 2 aliphatic rings. The monoisotopic (exact) mass is 769 g/mol. The van der Waals surface area contributed by atoms with E-state index >= 15 is 0 Å². The summed E-state index contributed by atoms with van der Waals surface area (Å²) < 4.78 is 2.38. The van der Waals surface area contributed by atoms with Crippen LogP contribution in [0.3, 0.4) is 0 Å². The molecule has 0 radical (unpaired) electrons. The van der Waals surface area contributed by atoms with Crippen LogP contribution >= 0.6 is 0 Å². The quantitative estimate of drug-likeness (QED) is 0.161. The average molecular weight is 770 g/mol. The van der Waals surface area contributed by atoms with Crippen LogP contribution in [0.15, 0.2) is 210 Å². The number of benzene rings is 8. The van der Waals surface area contributed by atoms with E-state index in [-0.39, 0.29) is 5.41 Å². The van der Waals surface area contributed by atoms with E-state index in [0.29, 0.717) is 0 Å². The molecule has 2 heterocycles. The van der Waals surface area contributed by atoms with Crippen molar-refractivity contribution in [1.29, 1.82) is 0 Å². The lowest BCUT2D eigenvalue weighted by Gasteiger charge is -2.22. The summed E-state index contributed by atoms with van der Waals surface area (Å²) in [4.78, 5) is 10.5. The Balaban J connectivity index is 1.01. The fourth-order valence-corrected chi connectivity index (χ4v) is 9.53. The molecule has 0 atom stereocenters. The Morgan fingerprint density at radius 3 is 1.92 bits per heavy atom. The summed E-state index contributed by atoms with van der Waals surface area (Å²) in [5.41, 5.74) is 18.9. The second-order valence-electron chi connectivity index (χ2n) is 16.5. The van der Waals surface area contributed by atoms with Crippen LogP contribution in [0.25, 0.3) is 66.6 Å². The van der Waals surface area contributed by atoms with Crippen molar-refractivity contribution in [2.45, 2.75) is 32.1 Å². The largest absolute Gasteiger partial charge is 0.309 e. The standard InChI is InChI=1S/C57H43N3/c1-57(2)49-33-31-40(41-32-34-54-47(36-41)46-25-12-13-30-53(46)60(54)44-23-10-5-11-24-44)37-48(49)55-45(26-15-27-50(55)57)42-21-14-22-43(35-42)52-29-16-28-51(38-17-6-3-7-18-38)58-56(59-52)39-19-8-4-9-20-39/h3-15,17-27,29-37H,16,28H2,1-2H3/b52-29-,58-51-,59-56-. The van der Waals surface area contributed by atoms with E-state index in [9.17, 15) is 0 Å². The van der Waals surface area contributed by atoms with Gasteiger partial charge >= 0.3 is 0 Å². The third-order valence-corrected chi connectivity index (χ3v) is 12.5. The number of allylic oxidation sites excluding steroid dienone is 1. The molecule has 286 valence electrons. The van der Waals surface area contributed by atoms with Crippen LogP contribution < -0.4 is 0 Å². The molecule has 0 saturated carbocycles. The molecule has 8 aromatic carbocycles. The first-order chi connectivity index (χ1) is 29.5. The minimum atomic E-state index is -0.144. The average Bonchev–Trinajstić information content (AvgIpc) is 3.75. The number of amidine groups is 1. The van der Waals surface area contributed by atoms with Crippen molar-refractivity contribution in [1.82, 2.24) is 4.57 Å². The van der Waals surface area contributed by atoms with Crippen LogP contribution in [0.1, 0.15) is 54.5 Å². The van der Waals surface area contributed by atoms with Crippen molar-refractivity contribution in [3.63, 3.8) is 0 Å². The number of fused-ring (bicyclic) bond motifs is 6. The molecule has 0 fully saturated rings. The second kappa shape index (κ2) is 14.5. The molecule has 3 heteroatoms. The van der Waals surface area contributed by atoms with Crippen molar-refractivity contribution in [2.24, 2.45) is 9.98 Å². The van der Waals surface area contributed by atoms with Crippen molar-refractivity contribution >= 4 is 39.1 Å². The van der Waals surface area contributed by atoms with Crippen molar-refractivity contribution < 1.29 is 0 Å². The minimum Gasteiger partial charge on any atom is -0.309 e. The molecule has 0 amide bonds. The fourth-order valence-electron chi connectivity index (χ4n) is 9.53. The van der Waals surface area contributed by atoms with E-state index in [4.69, 9.17) is 9.98 Å². The Morgan fingerprint density at radius 1 is 0.450 bits per heavy atom. The van der Waals surface area contributed by atoms with Crippen LogP contribution in [0.4, 0.5) is 0 Å². The predicted molar refractivity (Wildman–Crippen MR) is 252 cm³/mol. The van der Waals surface area contributed by atoms with Crippen molar-refractivity contribution in [2.75, 3.05) is 0 Å². The zero-order valence-electron chi connectivity index (χ0n) is 33.8. The first-order valence-electron chi connectivity index (χ1n) is 21.0. The third-order valence-electron chi connectivity index (χ3n) is 12.5. The van der Waals surface area contributed by atoms with E-state index < -0.39 is 0 Å². The minimum absolute atomic E-state index is 0.144. The van der Waals surface area contributed by atoms with Gasteiger partial charge in [-0.05, 0) is 105 Å². The SMILES string of the molecule is CC1(C)c2ccc(-c3ccc4c(c3)c3ccccc3n4-c3ccccc3)cc2-c2c(-c3cccc(C4=C/CC/C(c5ccccc5)=N/C(c5ccccc5)=N\4)c3)cccc21. The van der Waals surface area contributed by atoms with Gasteiger partial charge in [-0.2, -0.15) is 0 Å². The lowest BCUT2D eigenvalue weighted by Crippen LogP contribution is -2.14. The first kappa shape index (κ1) is 35.8. The predicted octanol–water partition coefficient (Wildman–Crippen LogP) is 14.5.